The molecule has 25 heteroatoms. The standard InChI is InChI=1S/C68H58ClN10O13P/c1-84-50-29-23-47(24-30-50)68(46-21-13-6-14-22-46,48-25-31-51(85-2)32-26-48)86-37-55-54(36-58(88-55)79-42-75-60-62(71-40-73-64(60)79)77-66(81)44-17-9-4-10-18-44)92-93(83,91-52-33-27-49(69)28-34-52)87-38-56-53(90-67(82)45-19-11-5-12-20-45)35-57(89-56)78-41-74-59-61(70-39-72-63(59)78)76-65(80)43-15-7-3-8-16-43/h3-34,39-42,53-58H,35-38H2,1-2H3,(H,70,72,76,80)(H,71,73,77,81)/t53-,54-,55+,56+,57+,58+,93?/m0/s1. The lowest BCUT2D eigenvalue weighted by Gasteiger charge is -2.37. The number of carbonyl (C=O) groups excluding carboxylic acids is 3. The summed E-state index contributed by atoms with van der Waals surface area (Å²) in [4.78, 5) is 67.9. The Hall–Kier alpha value is -10.2. The first kappa shape index (κ1) is 61.6. The number of ether oxygens (including phenoxy) is 6. The molecule has 2 saturated heterocycles. The van der Waals surface area contributed by atoms with E-state index in [1.165, 1.54) is 37.4 Å². The second kappa shape index (κ2) is 27.3. The van der Waals surface area contributed by atoms with Crippen molar-refractivity contribution in [3.63, 3.8) is 0 Å². The number of fused-ring (bicyclic) bond motifs is 2. The molecule has 470 valence electrons. The number of hydrogen-bond donors (Lipinski definition) is 2. The smallest absolute Gasteiger partial charge is 0.497 e. The first-order valence-electron chi connectivity index (χ1n) is 29.5. The third-order valence-electron chi connectivity index (χ3n) is 15.8. The number of anilines is 2. The van der Waals surface area contributed by atoms with E-state index < -0.39 is 74.7 Å². The molecule has 0 aliphatic carbocycles. The molecule has 2 fully saturated rings. The highest BCUT2D eigenvalue weighted by atomic mass is 35.5. The minimum absolute atomic E-state index is 0.0279. The van der Waals surface area contributed by atoms with Crippen LogP contribution in [0.3, 0.4) is 0 Å². The Morgan fingerprint density at radius 3 is 1.47 bits per heavy atom. The topological polar surface area (TPSA) is 263 Å². The number of carbonyl (C=O) groups is 3. The molecule has 2 aliphatic heterocycles. The monoisotopic (exact) mass is 1290 g/mol. The molecular weight excluding hydrogens is 1230 g/mol. The van der Waals surface area contributed by atoms with E-state index in [1.54, 1.807) is 120 Å². The van der Waals surface area contributed by atoms with Gasteiger partial charge in [-0.25, -0.2) is 39.3 Å². The van der Waals surface area contributed by atoms with E-state index in [1.807, 2.05) is 84.9 Å². The van der Waals surface area contributed by atoms with Gasteiger partial charge in [-0.1, -0.05) is 121 Å². The van der Waals surface area contributed by atoms with Crippen molar-refractivity contribution in [1.29, 1.82) is 0 Å². The number of amides is 2. The zero-order chi connectivity index (χ0) is 63.9. The molecule has 0 bridgehead atoms. The molecule has 2 aliphatic rings. The number of nitrogens with one attached hydrogen (secondary N) is 2. The summed E-state index contributed by atoms with van der Waals surface area (Å²) in [6.45, 7) is -0.779. The van der Waals surface area contributed by atoms with Gasteiger partial charge in [-0.05, 0) is 102 Å². The van der Waals surface area contributed by atoms with Gasteiger partial charge >= 0.3 is 13.8 Å². The van der Waals surface area contributed by atoms with Crippen molar-refractivity contribution in [2.75, 3.05) is 38.1 Å². The summed E-state index contributed by atoms with van der Waals surface area (Å²) in [5.74, 6) is 0.106. The predicted molar refractivity (Wildman–Crippen MR) is 341 cm³/mol. The van der Waals surface area contributed by atoms with Crippen LogP contribution in [-0.2, 0) is 38.2 Å². The van der Waals surface area contributed by atoms with E-state index in [2.05, 4.69) is 40.5 Å². The van der Waals surface area contributed by atoms with Gasteiger partial charge in [0, 0.05) is 29.0 Å². The highest BCUT2D eigenvalue weighted by Crippen LogP contribution is 2.55. The summed E-state index contributed by atoms with van der Waals surface area (Å²) in [5.41, 5.74) is 3.00. The van der Waals surface area contributed by atoms with Crippen LogP contribution in [0, 0.1) is 0 Å². The lowest BCUT2D eigenvalue weighted by molar-refractivity contribution is -0.0937. The van der Waals surface area contributed by atoms with Crippen LogP contribution in [0.2, 0.25) is 5.02 Å². The number of rotatable bonds is 23. The maximum Gasteiger partial charge on any atom is 0.530 e. The molecule has 0 radical (unpaired) electrons. The van der Waals surface area contributed by atoms with Crippen molar-refractivity contribution >= 4 is 71.2 Å². The van der Waals surface area contributed by atoms with Gasteiger partial charge in [-0.15, -0.1) is 0 Å². The molecule has 6 heterocycles. The van der Waals surface area contributed by atoms with Gasteiger partial charge in [-0.2, -0.15) is 0 Å². The van der Waals surface area contributed by atoms with E-state index in [-0.39, 0.29) is 59.1 Å². The molecule has 2 amide bonds. The number of nitrogens with zero attached hydrogens (tertiary/aromatic N) is 8. The number of phosphoric ester groups is 1. The first-order chi connectivity index (χ1) is 45.4. The van der Waals surface area contributed by atoms with Gasteiger partial charge in [0.05, 0.1) is 45.7 Å². The minimum Gasteiger partial charge on any atom is -0.497 e. The normalized spacial score (nSPS) is 18.6. The van der Waals surface area contributed by atoms with E-state index in [0.717, 1.165) is 16.7 Å². The van der Waals surface area contributed by atoms with Crippen LogP contribution in [-0.4, -0.2) is 109 Å². The Balaban J connectivity index is 0.857. The highest BCUT2D eigenvalue weighted by Gasteiger charge is 2.49. The van der Waals surface area contributed by atoms with Crippen LogP contribution < -0.4 is 24.6 Å². The van der Waals surface area contributed by atoms with Crippen molar-refractivity contribution < 1.29 is 60.9 Å². The number of imidazole rings is 2. The van der Waals surface area contributed by atoms with E-state index in [9.17, 15) is 14.4 Å². The fourth-order valence-electron chi connectivity index (χ4n) is 11.2. The van der Waals surface area contributed by atoms with Crippen LogP contribution in [0.15, 0.2) is 219 Å². The van der Waals surface area contributed by atoms with Gasteiger partial charge < -0.3 is 43.6 Å². The average molecular weight is 1290 g/mol. The van der Waals surface area contributed by atoms with Gasteiger partial charge in [0.1, 0.15) is 72.4 Å². The van der Waals surface area contributed by atoms with E-state index in [4.69, 9.17) is 53.6 Å². The number of methoxy groups -OCH3 is 2. The minimum atomic E-state index is -4.94. The second-order valence-corrected chi connectivity index (χ2v) is 23.5. The zero-order valence-corrected chi connectivity index (χ0v) is 51.4. The second-order valence-electron chi connectivity index (χ2n) is 21.5. The van der Waals surface area contributed by atoms with Crippen LogP contribution in [0.5, 0.6) is 17.2 Å². The molecule has 7 atom stereocenters. The fourth-order valence-corrected chi connectivity index (χ4v) is 12.8. The number of aromatic nitrogens is 8. The molecule has 2 N–H and O–H groups in total. The van der Waals surface area contributed by atoms with Crippen molar-refractivity contribution in [3.05, 3.63) is 258 Å². The molecule has 11 aromatic rings. The summed E-state index contributed by atoms with van der Waals surface area (Å²) in [5, 5.41) is 6.06. The Morgan fingerprint density at radius 1 is 0.538 bits per heavy atom. The number of esters is 1. The summed E-state index contributed by atoms with van der Waals surface area (Å²) >= 11 is 6.38. The van der Waals surface area contributed by atoms with E-state index >= 15 is 4.57 Å². The van der Waals surface area contributed by atoms with E-state index in [0.29, 0.717) is 33.3 Å². The summed E-state index contributed by atoms with van der Waals surface area (Å²) in [7, 11) is -1.77. The Morgan fingerprint density at radius 2 is 0.978 bits per heavy atom. The van der Waals surface area contributed by atoms with Crippen molar-refractivity contribution in [2.24, 2.45) is 0 Å². The van der Waals surface area contributed by atoms with Crippen LogP contribution in [0.25, 0.3) is 22.3 Å². The molecule has 23 nitrogen and oxygen atoms in total. The van der Waals surface area contributed by atoms with Crippen molar-refractivity contribution in [2.45, 2.75) is 55.3 Å². The average Bonchev–Trinajstić information content (AvgIpc) is 1.44. The van der Waals surface area contributed by atoms with Crippen molar-refractivity contribution in [3.8, 4) is 17.2 Å². The number of phosphoric acid groups is 1. The van der Waals surface area contributed by atoms with Gasteiger partial charge in [0.15, 0.2) is 34.0 Å². The number of benzene rings is 7. The SMILES string of the molecule is COc1ccc(C(OC[C@H]2O[C@@H](n3cnc4c(NC(=O)c5ccccc5)ncnc43)C[C@@H]2OP(=O)(OC[C@H]2O[C@@H](n3cnc4c(NC(=O)c5ccccc5)ncnc43)C[C@@H]2OC(=O)c2ccccc2)Oc2ccc(Cl)cc2)(c2ccccc2)c2ccc(OC)cc2)cc1. The van der Waals surface area contributed by atoms with Crippen LogP contribution >= 0.6 is 19.4 Å². The van der Waals surface area contributed by atoms with Crippen LogP contribution in [0.4, 0.5) is 11.6 Å². The molecule has 0 spiro atoms. The molecule has 93 heavy (non-hydrogen) atoms. The lowest BCUT2D eigenvalue weighted by atomic mass is 9.80. The largest absolute Gasteiger partial charge is 0.530 e. The molecule has 7 aromatic carbocycles. The molecule has 0 saturated carbocycles. The maximum atomic E-state index is 16.1. The molecule has 1 unspecified atom stereocenters. The van der Waals surface area contributed by atoms with Gasteiger partial charge in [0.2, 0.25) is 0 Å². The van der Waals surface area contributed by atoms with Crippen LogP contribution in [0.1, 0.15) is 73.1 Å². The summed E-state index contributed by atoms with van der Waals surface area (Å²) < 4.78 is 77.7. The Kier molecular flexibility index (Phi) is 18.1. The molecular formula is C68H58ClN10O13P. The Bertz CT molecular complexity index is 4420. The third-order valence-corrected chi connectivity index (χ3v) is 17.5. The summed E-state index contributed by atoms with van der Waals surface area (Å²) in [6.07, 6.45) is -0.808. The van der Waals surface area contributed by atoms with Gasteiger partial charge in [-0.3, -0.25) is 27.8 Å². The number of halogens is 1. The fraction of sp³-hybridized carbons (Fsp3) is 0.191. The quantitative estimate of drug-likeness (QED) is 0.0342. The first-order valence-corrected chi connectivity index (χ1v) is 31.3. The Labute approximate surface area is 537 Å². The molecule has 13 rings (SSSR count). The maximum absolute atomic E-state index is 16.1. The third kappa shape index (κ3) is 13.3. The zero-order valence-electron chi connectivity index (χ0n) is 49.8. The number of hydrogen-bond acceptors (Lipinski definition) is 19. The summed E-state index contributed by atoms with van der Waals surface area (Å²) in [6, 6.07) is 56.6. The predicted octanol–water partition coefficient (Wildman–Crippen LogP) is 12.2. The molecule has 4 aromatic heterocycles. The van der Waals surface area contributed by atoms with Crippen molar-refractivity contribution in [1.82, 2.24) is 39.0 Å². The van der Waals surface area contributed by atoms with Gasteiger partial charge in [0.25, 0.3) is 11.8 Å². The lowest BCUT2D eigenvalue weighted by Crippen LogP contribution is -2.38. The highest BCUT2D eigenvalue weighted by molar-refractivity contribution is 7.49.